The molecule has 0 fully saturated rings. The van der Waals surface area contributed by atoms with E-state index in [4.69, 9.17) is 11.6 Å². The molecule has 1 aromatic rings. The van der Waals surface area contributed by atoms with E-state index < -0.39 is 27.7 Å². The number of alkyl halides is 3. The molecule has 160 valence electrons. The summed E-state index contributed by atoms with van der Waals surface area (Å²) < 4.78 is 65.0. The van der Waals surface area contributed by atoms with E-state index >= 15 is 0 Å². The summed E-state index contributed by atoms with van der Waals surface area (Å²) in [5.74, 6) is -1.74. The lowest BCUT2D eigenvalue weighted by atomic mass is 10.1. The van der Waals surface area contributed by atoms with Crippen LogP contribution in [0.2, 0.25) is 5.02 Å². The Balaban J connectivity index is 2.82. The van der Waals surface area contributed by atoms with Gasteiger partial charge in [0.25, 0.3) is 5.91 Å². The number of hydrogen-bond acceptors (Lipinski definition) is 5. The summed E-state index contributed by atoms with van der Waals surface area (Å²) in [5.41, 5.74) is -3.89. The molecule has 3 N–H and O–H groups in total. The van der Waals surface area contributed by atoms with Crippen LogP contribution >= 0.6 is 11.6 Å². The minimum Gasteiger partial charge on any atom is -0.373 e. The average Bonchev–Trinajstić information content (AvgIpc) is 2.54. The van der Waals surface area contributed by atoms with Crippen LogP contribution in [0.1, 0.15) is 19.8 Å². The molecule has 0 aliphatic heterocycles. The fourth-order valence-corrected chi connectivity index (χ4v) is 3.37. The summed E-state index contributed by atoms with van der Waals surface area (Å²) in [6.07, 6.45) is -3.78. The zero-order valence-corrected chi connectivity index (χ0v) is 17.2. The number of amides is 1. The normalized spacial score (nSPS) is 14.8. The van der Waals surface area contributed by atoms with Crippen molar-refractivity contribution in [3.63, 3.8) is 0 Å². The van der Waals surface area contributed by atoms with Crippen LogP contribution in [0.3, 0.4) is 0 Å². The first-order valence-electron chi connectivity index (χ1n) is 8.23. The van der Waals surface area contributed by atoms with E-state index in [1.54, 1.807) is 0 Å². The van der Waals surface area contributed by atoms with Gasteiger partial charge in [-0.25, -0.2) is 13.1 Å². The van der Waals surface area contributed by atoms with E-state index in [1.165, 1.54) is 0 Å². The Morgan fingerprint density at radius 3 is 2.36 bits per heavy atom. The minimum absolute atomic E-state index is 0.203. The highest BCUT2D eigenvalue weighted by molar-refractivity contribution is 7.89. The molecule has 7 nitrogen and oxygen atoms in total. The summed E-state index contributed by atoms with van der Waals surface area (Å²) in [6, 6.07) is 3.14. The first-order valence-corrected chi connectivity index (χ1v) is 10.1. The maximum Gasteiger partial charge on any atom is 0.426 e. The molecule has 1 aromatic carbocycles. The smallest absolute Gasteiger partial charge is 0.373 e. The number of halogens is 4. The lowest BCUT2D eigenvalue weighted by Crippen LogP contribution is -2.52. The van der Waals surface area contributed by atoms with Crippen LogP contribution in [0.25, 0.3) is 0 Å². The molecular formula is C16H23ClF3N3O4S. The van der Waals surface area contributed by atoms with Gasteiger partial charge >= 0.3 is 6.18 Å². The number of unbranched alkanes of at least 4 members (excludes halogenated alkanes) is 1. The first-order chi connectivity index (χ1) is 12.7. The number of hydrogen-bond donors (Lipinski definition) is 3. The lowest BCUT2D eigenvalue weighted by Gasteiger charge is -2.25. The van der Waals surface area contributed by atoms with Gasteiger partial charge in [-0.15, -0.1) is 0 Å². The molecule has 1 amide bonds. The van der Waals surface area contributed by atoms with Crippen LogP contribution in [0.5, 0.6) is 0 Å². The Kier molecular flexibility index (Phi) is 8.27. The van der Waals surface area contributed by atoms with E-state index in [2.05, 4.69) is 4.72 Å². The monoisotopic (exact) mass is 445 g/mol. The van der Waals surface area contributed by atoms with Crippen LogP contribution in [-0.2, 0) is 14.8 Å². The maximum absolute atomic E-state index is 12.7. The van der Waals surface area contributed by atoms with E-state index in [0.29, 0.717) is 13.3 Å². The van der Waals surface area contributed by atoms with Crippen molar-refractivity contribution in [1.82, 2.24) is 9.62 Å². The number of anilines is 1. The number of aliphatic hydroxyl groups is 1. The molecule has 1 atom stereocenters. The largest absolute Gasteiger partial charge is 0.426 e. The third-order valence-corrected chi connectivity index (χ3v) is 5.59. The number of carbonyl (C=O) groups is 1. The summed E-state index contributed by atoms with van der Waals surface area (Å²) in [6.45, 7) is 1.32. The molecule has 0 aromatic heterocycles. The summed E-state index contributed by atoms with van der Waals surface area (Å²) in [7, 11) is -0.0638. The van der Waals surface area contributed by atoms with Crippen molar-refractivity contribution in [2.75, 3.05) is 32.5 Å². The molecule has 0 spiro atoms. The quantitative estimate of drug-likeness (QED) is 0.506. The average molecular weight is 446 g/mol. The molecule has 1 rings (SSSR count). The van der Waals surface area contributed by atoms with Gasteiger partial charge in [-0.2, -0.15) is 13.2 Å². The van der Waals surface area contributed by atoms with Crippen LogP contribution in [-0.4, -0.2) is 63.3 Å². The molecule has 0 saturated carbocycles. The number of nitrogens with zero attached hydrogens (tertiary/aromatic N) is 1. The third-order valence-electron chi connectivity index (χ3n) is 3.82. The fourth-order valence-electron chi connectivity index (χ4n) is 1.98. The standard InChI is InChI=1S/C16H23ClF3N3O4S/c1-15(25,16(18,19)20)14(24)22-13-7-6-11(10-12(13)17)28(26,27)21-8-4-5-9-23(2)3/h6-7,10,21,25H,4-5,8-9H2,1-3H3,(H,22,24). The van der Waals surface area contributed by atoms with Gasteiger partial charge in [0.15, 0.2) is 0 Å². The molecule has 0 bridgehead atoms. The summed E-state index contributed by atoms with van der Waals surface area (Å²) >= 11 is 5.89. The minimum atomic E-state index is -5.19. The predicted molar refractivity (Wildman–Crippen MR) is 99.7 cm³/mol. The molecule has 12 heteroatoms. The summed E-state index contributed by atoms with van der Waals surface area (Å²) in [5, 5.41) is 10.9. The number of nitrogens with one attached hydrogen (secondary N) is 2. The van der Waals surface area contributed by atoms with Gasteiger partial charge in [-0.3, -0.25) is 4.79 Å². The second-order valence-electron chi connectivity index (χ2n) is 6.57. The van der Waals surface area contributed by atoms with Crippen molar-refractivity contribution < 1.29 is 31.5 Å². The zero-order valence-electron chi connectivity index (χ0n) is 15.6. The highest BCUT2D eigenvalue weighted by Crippen LogP contribution is 2.32. The molecule has 0 aliphatic carbocycles. The highest BCUT2D eigenvalue weighted by Gasteiger charge is 2.55. The van der Waals surface area contributed by atoms with Crippen molar-refractivity contribution in [2.24, 2.45) is 0 Å². The lowest BCUT2D eigenvalue weighted by molar-refractivity contribution is -0.242. The van der Waals surface area contributed by atoms with Gasteiger partial charge in [0.2, 0.25) is 15.6 Å². The second kappa shape index (κ2) is 9.40. The van der Waals surface area contributed by atoms with Crippen LogP contribution in [0.4, 0.5) is 18.9 Å². The van der Waals surface area contributed by atoms with E-state index in [0.717, 1.165) is 31.2 Å². The molecular weight excluding hydrogens is 423 g/mol. The zero-order chi connectivity index (χ0) is 21.8. The van der Waals surface area contributed by atoms with Crippen LogP contribution < -0.4 is 10.0 Å². The number of sulfonamides is 1. The van der Waals surface area contributed by atoms with Crippen molar-refractivity contribution in [1.29, 1.82) is 0 Å². The Morgan fingerprint density at radius 2 is 1.86 bits per heavy atom. The van der Waals surface area contributed by atoms with Gasteiger partial charge in [0, 0.05) is 6.54 Å². The maximum atomic E-state index is 12.7. The van der Waals surface area contributed by atoms with Crippen LogP contribution in [0.15, 0.2) is 23.1 Å². The number of rotatable bonds is 9. The molecule has 0 radical (unpaired) electrons. The van der Waals surface area contributed by atoms with Crippen LogP contribution in [0, 0.1) is 0 Å². The van der Waals surface area contributed by atoms with Gasteiger partial charge in [0.1, 0.15) is 0 Å². The number of carbonyl (C=O) groups excluding carboxylic acids is 1. The first kappa shape index (κ1) is 24.6. The molecule has 1 unspecified atom stereocenters. The SMILES string of the molecule is CN(C)CCCCNS(=O)(=O)c1ccc(NC(=O)C(C)(O)C(F)(F)F)c(Cl)c1. The van der Waals surface area contributed by atoms with Gasteiger partial charge in [-0.1, -0.05) is 11.6 Å². The topological polar surface area (TPSA) is 98.7 Å². The molecule has 0 heterocycles. The highest BCUT2D eigenvalue weighted by atomic mass is 35.5. The van der Waals surface area contributed by atoms with E-state index in [1.807, 2.05) is 24.3 Å². The molecule has 28 heavy (non-hydrogen) atoms. The van der Waals surface area contributed by atoms with E-state index in [-0.39, 0.29) is 22.2 Å². The van der Waals surface area contributed by atoms with Gasteiger partial charge in [0.05, 0.1) is 15.6 Å². The Bertz CT molecular complexity index is 799. The van der Waals surface area contributed by atoms with Crippen molar-refractivity contribution in [2.45, 2.75) is 36.4 Å². The fraction of sp³-hybridized carbons (Fsp3) is 0.562. The summed E-state index contributed by atoms with van der Waals surface area (Å²) in [4.78, 5) is 13.5. The second-order valence-corrected chi connectivity index (χ2v) is 8.75. The number of benzene rings is 1. The van der Waals surface area contributed by atoms with Crippen molar-refractivity contribution >= 4 is 33.2 Å². The molecule has 0 saturated heterocycles. The van der Waals surface area contributed by atoms with Gasteiger partial charge < -0.3 is 15.3 Å². The van der Waals surface area contributed by atoms with Crippen molar-refractivity contribution in [3.8, 4) is 0 Å². The Hall–Kier alpha value is -1.40. The Morgan fingerprint density at radius 1 is 1.25 bits per heavy atom. The van der Waals surface area contributed by atoms with E-state index in [9.17, 15) is 31.5 Å². The Labute approximate surface area is 166 Å². The van der Waals surface area contributed by atoms with Crippen molar-refractivity contribution in [3.05, 3.63) is 23.2 Å². The third kappa shape index (κ3) is 6.59. The predicted octanol–water partition coefficient (Wildman–Crippen LogP) is 2.21. The molecule has 0 aliphatic rings. The van der Waals surface area contributed by atoms with Gasteiger partial charge in [-0.05, 0) is 58.6 Å².